The Labute approximate surface area is 96.6 Å². The van der Waals surface area contributed by atoms with Crippen molar-refractivity contribution >= 4 is 11.9 Å². The zero-order chi connectivity index (χ0) is 12.0. The summed E-state index contributed by atoms with van der Waals surface area (Å²) >= 11 is 0. The van der Waals surface area contributed by atoms with Crippen LogP contribution in [0.4, 0.5) is 4.79 Å². The van der Waals surface area contributed by atoms with Gasteiger partial charge in [0.2, 0.25) is 5.91 Å². The molecule has 1 rings (SSSR count). The average Bonchev–Trinajstić information content (AvgIpc) is 2.27. The molecule has 0 aliphatic carbocycles. The highest BCUT2D eigenvalue weighted by Gasteiger charge is 2.21. The van der Waals surface area contributed by atoms with Gasteiger partial charge in [0.25, 0.3) is 0 Å². The second kappa shape index (κ2) is 6.35. The predicted molar refractivity (Wildman–Crippen MR) is 62.1 cm³/mol. The zero-order valence-electron chi connectivity index (χ0n) is 10.1. The molecule has 1 fully saturated rings. The molecule has 0 spiro atoms. The van der Waals surface area contributed by atoms with Crippen LogP contribution in [0.3, 0.4) is 0 Å². The van der Waals surface area contributed by atoms with Gasteiger partial charge in [-0.05, 0) is 19.3 Å². The number of hydrogen-bond acceptors (Lipinski definition) is 2. The van der Waals surface area contributed by atoms with Gasteiger partial charge < -0.3 is 15.5 Å². The van der Waals surface area contributed by atoms with Crippen LogP contribution < -0.4 is 10.6 Å². The smallest absolute Gasteiger partial charge is 0.315 e. The predicted octanol–water partition coefficient (Wildman–Crippen LogP) is 0.706. The van der Waals surface area contributed by atoms with Crippen molar-refractivity contribution in [2.75, 3.05) is 19.6 Å². The maximum Gasteiger partial charge on any atom is 0.315 e. The monoisotopic (exact) mass is 227 g/mol. The van der Waals surface area contributed by atoms with Crippen LogP contribution in [-0.4, -0.2) is 42.5 Å². The minimum Gasteiger partial charge on any atom is -0.343 e. The lowest BCUT2D eigenvalue weighted by Gasteiger charge is -2.31. The van der Waals surface area contributed by atoms with Crippen molar-refractivity contribution in [2.24, 2.45) is 0 Å². The van der Waals surface area contributed by atoms with E-state index in [9.17, 15) is 9.59 Å². The van der Waals surface area contributed by atoms with E-state index in [4.69, 9.17) is 0 Å². The van der Waals surface area contributed by atoms with Gasteiger partial charge in [-0.2, -0.15) is 0 Å². The molecule has 0 aromatic heterocycles. The first kappa shape index (κ1) is 12.8. The van der Waals surface area contributed by atoms with Gasteiger partial charge in [-0.1, -0.05) is 6.92 Å². The number of hydrogen-bond donors (Lipinski definition) is 2. The van der Waals surface area contributed by atoms with Gasteiger partial charge in [-0.15, -0.1) is 0 Å². The van der Waals surface area contributed by atoms with Crippen molar-refractivity contribution in [2.45, 2.75) is 39.2 Å². The van der Waals surface area contributed by atoms with Crippen LogP contribution in [0.2, 0.25) is 0 Å². The van der Waals surface area contributed by atoms with Gasteiger partial charge in [0.05, 0.1) is 0 Å². The third kappa shape index (κ3) is 4.08. The lowest BCUT2D eigenvalue weighted by atomic mass is 10.1. The topological polar surface area (TPSA) is 61.4 Å². The Morgan fingerprint density at radius 1 is 1.31 bits per heavy atom. The van der Waals surface area contributed by atoms with Gasteiger partial charge in [0.15, 0.2) is 0 Å². The molecule has 1 aliphatic rings. The Bertz CT molecular complexity index is 248. The molecule has 0 aromatic carbocycles. The normalized spacial score (nSPS) is 17.0. The number of rotatable bonds is 3. The van der Waals surface area contributed by atoms with E-state index in [2.05, 4.69) is 10.6 Å². The van der Waals surface area contributed by atoms with Crippen LogP contribution in [0.5, 0.6) is 0 Å². The average molecular weight is 227 g/mol. The van der Waals surface area contributed by atoms with Crippen molar-refractivity contribution in [3.8, 4) is 0 Å². The summed E-state index contributed by atoms with van der Waals surface area (Å²) in [6.07, 6.45) is 2.63. The summed E-state index contributed by atoms with van der Waals surface area (Å²) in [7, 11) is 0. The summed E-state index contributed by atoms with van der Waals surface area (Å²) in [5.41, 5.74) is 0. The third-order valence-electron chi connectivity index (χ3n) is 2.81. The third-order valence-corrected chi connectivity index (χ3v) is 2.81. The lowest BCUT2D eigenvalue weighted by molar-refractivity contribution is -0.129. The van der Waals surface area contributed by atoms with E-state index in [1.807, 2.05) is 11.8 Å². The van der Waals surface area contributed by atoms with Gasteiger partial charge >= 0.3 is 6.03 Å². The molecule has 0 bridgehead atoms. The molecule has 1 saturated heterocycles. The first-order valence-corrected chi connectivity index (χ1v) is 5.93. The van der Waals surface area contributed by atoms with Gasteiger partial charge in [-0.3, -0.25) is 4.79 Å². The van der Waals surface area contributed by atoms with E-state index in [-0.39, 0.29) is 18.0 Å². The van der Waals surface area contributed by atoms with E-state index >= 15 is 0 Å². The molecule has 2 N–H and O–H groups in total. The highest BCUT2D eigenvalue weighted by Crippen LogP contribution is 2.09. The molecule has 1 heterocycles. The Hall–Kier alpha value is -1.26. The van der Waals surface area contributed by atoms with E-state index in [1.54, 1.807) is 6.92 Å². The Balaban J connectivity index is 2.21. The number of nitrogens with zero attached hydrogens (tertiary/aromatic N) is 1. The fourth-order valence-electron chi connectivity index (χ4n) is 1.81. The van der Waals surface area contributed by atoms with E-state index in [0.717, 1.165) is 32.4 Å². The Morgan fingerprint density at radius 2 is 1.94 bits per heavy atom. The summed E-state index contributed by atoms with van der Waals surface area (Å²) in [5, 5.41) is 5.71. The first-order chi connectivity index (χ1) is 7.63. The van der Waals surface area contributed by atoms with Crippen molar-refractivity contribution < 1.29 is 9.59 Å². The Morgan fingerprint density at radius 3 is 2.44 bits per heavy atom. The number of urea groups is 1. The SMILES string of the molecule is CCCNC(=O)NC1CCN(C(C)=O)CC1. The second-order valence-corrected chi connectivity index (χ2v) is 4.18. The second-order valence-electron chi connectivity index (χ2n) is 4.18. The number of carbonyl (C=O) groups is 2. The van der Waals surface area contributed by atoms with Crippen LogP contribution in [0.1, 0.15) is 33.1 Å². The molecule has 0 aromatic rings. The van der Waals surface area contributed by atoms with E-state index < -0.39 is 0 Å². The van der Waals surface area contributed by atoms with E-state index in [1.165, 1.54) is 0 Å². The minimum atomic E-state index is -0.0943. The molecular weight excluding hydrogens is 206 g/mol. The summed E-state index contributed by atoms with van der Waals surface area (Å²) in [5.74, 6) is 0.119. The zero-order valence-corrected chi connectivity index (χ0v) is 10.1. The van der Waals surface area contributed by atoms with Crippen LogP contribution in [0.15, 0.2) is 0 Å². The van der Waals surface area contributed by atoms with Crippen molar-refractivity contribution in [1.82, 2.24) is 15.5 Å². The summed E-state index contributed by atoms with van der Waals surface area (Å²) in [4.78, 5) is 24.3. The standard InChI is InChI=1S/C11H21N3O2/c1-3-6-12-11(16)13-10-4-7-14(8-5-10)9(2)15/h10H,3-8H2,1-2H3,(H2,12,13,16). The molecule has 0 saturated carbocycles. The maximum absolute atomic E-state index is 11.4. The summed E-state index contributed by atoms with van der Waals surface area (Å²) < 4.78 is 0. The molecular formula is C11H21N3O2. The number of amides is 3. The van der Waals surface area contributed by atoms with Crippen LogP contribution >= 0.6 is 0 Å². The lowest BCUT2D eigenvalue weighted by Crippen LogP contribution is -2.48. The highest BCUT2D eigenvalue weighted by molar-refractivity contribution is 5.74. The van der Waals surface area contributed by atoms with Crippen LogP contribution in [-0.2, 0) is 4.79 Å². The summed E-state index contributed by atoms with van der Waals surface area (Å²) in [6, 6.07) is 0.107. The molecule has 0 atom stereocenters. The molecule has 1 aliphatic heterocycles. The van der Waals surface area contributed by atoms with Gasteiger partial charge in [-0.25, -0.2) is 4.79 Å². The quantitative estimate of drug-likeness (QED) is 0.746. The number of nitrogens with one attached hydrogen (secondary N) is 2. The van der Waals surface area contributed by atoms with Crippen molar-refractivity contribution in [3.05, 3.63) is 0 Å². The largest absolute Gasteiger partial charge is 0.343 e. The molecule has 3 amide bonds. The highest BCUT2D eigenvalue weighted by atomic mass is 16.2. The van der Waals surface area contributed by atoms with Crippen LogP contribution in [0.25, 0.3) is 0 Å². The molecule has 5 nitrogen and oxygen atoms in total. The van der Waals surface area contributed by atoms with Crippen LogP contribution in [0, 0.1) is 0 Å². The number of piperidine rings is 1. The Kier molecular flexibility index (Phi) is 5.08. The summed E-state index contributed by atoms with van der Waals surface area (Å²) in [6.45, 7) is 5.80. The fraction of sp³-hybridized carbons (Fsp3) is 0.818. The first-order valence-electron chi connectivity index (χ1n) is 5.93. The molecule has 92 valence electrons. The van der Waals surface area contributed by atoms with Gasteiger partial charge in [0, 0.05) is 32.6 Å². The fourth-order valence-corrected chi connectivity index (χ4v) is 1.81. The van der Waals surface area contributed by atoms with Gasteiger partial charge in [0.1, 0.15) is 0 Å². The molecule has 0 radical (unpaired) electrons. The molecule has 5 heteroatoms. The molecule has 16 heavy (non-hydrogen) atoms. The van der Waals surface area contributed by atoms with E-state index in [0.29, 0.717) is 6.54 Å². The minimum absolute atomic E-state index is 0.0943. The molecule has 0 unspecified atom stereocenters. The number of carbonyl (C=O) groups excluding carboxylic acids is 2. The van der Waals surface area contributed by atoms with Crippen molar-refractivity contribution in [3.63, 3.8) is 0 Å². The van der Waals surface area contributed by atoms with Crippen molar-refractivity contribution in [1.29, 1.82) is 0 Å². The number of likely N-dealkylation sites (tertiary alicyclic amines) is 1. The maximum atomic E-state index is 11.4.